The average molecular weight is 358 g/mol. The molecule has 0 saturated carbocycles. The molecule has 0 bridgehead atoms. The molecule has 142 valence electrons. The lowest BCUT2D eigenvalue weighted by atomic mass is 9.95. The summed E-state index contributed by atoms with van der Waals surface area (Å²) in [6.07, 6.45) is 6.53. The smallest absolute Gasteiger partial charge is 0.335 e. The van der Waals surface area contributed by atoms with Crippen molar-refractivity contribution in [2.45, 2.75) is 60.0 Å². The quantitative estimate of drug-likeness (QED) is 0.583. The molecule has 0 aliphatic carbocycles. The molecule has 0 radical (unpaired) electrons. The lowest BCUT2D eigenvalue weighted by Crippen LogP contribution is -2.13. The molecule has 4 nitrogen and oxygen atoms in total. The van der Waals surface area contributed by atoms with Crippen LogP contribution in [0.25, 0.3) is 0 Å². The summed E-state index contributed by atoms with van der Waals surface area (Å²) in [5, 5.41) is 30.3. The van der Waals surface area contributed by atoms with E-state index >= 15 is 0 Å². The van der Waals surface area contributed by atoms with Crippen LogP contribution in [0.2, 0.25) is 0 Å². The fraction of sp³-hybridized carbons (Fsp3) is 0.409. The molecule has 0 heterocycles. The Morgan fingerprint density at radius 2 is 1.58 bits per heavy atom. The second-order valence-electron chi connectivity index (χ2n) is 7.12. The summed E-state index contributed by atoms with van der Waals surface area (Å²) in [4.78, 5) is 11.4. The van der Waals surface area contributed by atoms with Crippen LogP contribution in [-0.2, 0) is 12.8 Å². The van der Waals surface area contributed by atoms with Crippen LogP contribution in [0.4, 0.5) is 0 Å². The highest BCUT2D eigenvalue weighted by atomic mass is 16.4. The molecule has 1 atom stereocenters. The summed E-state index contributed by atoms with van der Waals surface area (Å²) in [5.74, 6) is -0.987. The van der Waals surface area contributed by atoms with Gasteiger partial charge in [0.25, 0.3) is 0 Å². The van der Waals surface area contributed by atoms with Gasteiger partial charge in [0.05, 0.1) is 11.7 Å². The molecule has 0 amide bonds. The summed E-state index contributed by atoms with van der Waals surface area (Å²) in [5.41, 5.74) is 4.22. The van der Waals surface area contributed by atoms with E-state index in [0.29, 0.717) is 17.5 Å². The second-order valence-corrected chi connectivity index (χ2v) is 7.12. The number of allylic oxidation sites excluding steroid dienone is 5. The molecule has 0 spiro atoms. The lowest BCUT2D eigenvalue weighted by molar-refractivity contribution is 0.0696. The monoisotopic (exact) mass is 358 g/mol. The van der Waals surface area contributed by atoms with Crippen LogP contribution < -0.4 is 0 Å². The minimum atomic E-state index is -1.05. The molecule has 0 aliphatic heterocycles. The zero-order valence-electron chi connectivity index (χ0n) is 16.3. The molecule has 0 saturated heterocycles. The van der Waals surface area contributed by atoms with Gasteiger partial charge in [-0.05, 0) is 76.3 Å². The normalized spacial score (nSPS) is 12.5. The van der Waals surface area contributed by atoms with Crippen LogP contribution in [0.15, 0.2) is 47.1 Å². The van der Waals surface area contributed by atoms with Crippen molar-refractivity contribution in [1.29, 1.82) is 0 Å². The molecule has 3 N–H and O–H groups in total. The number of carbonyl (C=O) groups is 1. The van der Waals surface area contributed by atoms with Gasteiger partial charge in [-0.3, -0.25) is 0 Å². The molecule has 1 unspecified atom stereocenters. The minimum Gasteiger partial charge on any atom is -0.507 e. The van der Waals surface area contributed by atoms with Crippen LogP contribution in [0.5, 0.6) is 5.75 Å². The van der Waals surface area contributed by atoms with Gasteiger partial charge in [-0.1, -0.05) is 29.4 Å². The number of hydrogen-bond acceptors (Lipinski definition) is 3. The van der Waals surface area contributed by atoms with Gasteiger partial charge in [-0.2, -0.15) is 0 Å². The number of rotatable bonds is 8. The van der Waals surface area contributed by atoms with Gasteiger partial charge in [0.15, 0.2) is 0 Å². The molecule has 1 aromatic rings. The number of carboxylic acid groups (broad SMARTS) is 1. The largest absolute Gasteiger partial charge is 0.507 e. The Balaban J connectivity index is 3.12. The number of carboxylic acids is 1. The molecule has 0 aliphatic rings. The number of benzene rings is 1. The molecule has 1 rings (SSSR count). The maximum atomic E-state index is 11.4. The number of aliphatic hydroxyl groups is 1. The first-order valence-electron chi connectivity index (χ1n) is 8.81. The van der Waals surface area contributed by atoms with Crippen molar-refractivity contribution in [3.8, 4) is 5.75 Å². The maximum Gasteiger partial charge on any atom is 0.335 e. The minimum absolute atomic E-state index is 0.0589. The van der Waals surface area contributed by atoms with E-state index in [1.54, 1.807) is 0 Å². The summed E-state index contributed by atoms with van der Waals surface area (Å²) in [7, 11) is 0. The number of hydrogen-bond donors (Lipinski definition) is 3. The number of aliphatic hydroxyl groups excluding tert-OH is 1. The van der Waals surface area contributed by atoms with Gasteiger partial charge in [-0.15, -0.1) is 0 Å². The van der Waals surface area contributed by atoms with E-state index in [2.05, 4.69) is 6.08 Å². The Morgan fingerprint density at radius 1 is 1.00 bits per heavy atom. The van der Waals surface area contributed by atoms with Crippen LogP contribution in [-0.4, -0.2) is 27.4 Å². The molecule has 26 heavy (non-hydrogen) atoms. The van der Waals surface area contributed by atoms with Crippen LogP contribution >= 0.6 is 0 Å². The Bertz CT molecular complexity index is 731. The zero-order valence-corrected chi connectivity index (χ0v) is 16.3. The van der Waals surface area contributed by atoms with Gasteiger partial charge in [0.2, 0.25) is 0 Å². The van der Waals surface area contributed by atoms with Crippen molar-refractivity contribution in [2.75, 3.05) is 0 Å². The Kier molecular flexibility index (Phi) is 8.33. The Hall–Kier alpha value is -2.33. The van der Waals surface area contributed by atoms with Gasteiger partial charge >= 0.3 is 5.97 Å². The van der Waals surface area contributed by atoms with Crippen molar-refractivity contribution in [1.82, 2.24) is 0 Å². The summed E-state index contributed by atoms with van der Waals surface area (Å²) >= 11 is 0. The van der Waals surface area contributed by atoms with E-state index in [4.69, 9.17) is 0 Å². The third-order valence-corrected chi connectivity index (χ3v) is 4.15. The highest BCUT2D eigenvalue weighted by molar-refractivity contribution is 5.88. The van der Waals surface area contributed by atoms with Crippen LogP contribution in [0, 0.1) is 0 Å². The number of phenolic OH excluding ortho intramolecular Hbond substituents is 1. The molecular formula is C22H30O4. The first-order chi connectivity index (χ1) is 12.1. The van der Waals surface area contributed by atoms with Crippen molar-refractivity contribution in [2.24, 2.45) is 0 Å². The number of aromatic hydroxyl groups is 1. The molecule has 0 fully saturated rings. The molecule has 4 heteroatoms. The Morgan fingerprint density at radius 3 is 2.12 bits per heavy atom. The van der Waals surface area contributed by atoms with E-state index in [0.717, 1.165) is 17.6 Å². The fourth-order valence-electron chi connectivity index (χ4n) is 2.49. The Labute approximate surface area is 156 Å². The van der Waals surface area contributed by atoms with Crippen molar-refractivity contribution in [3.63, 3.8) is 0 Å². The summed E-state index contributed by atoms with van der Waals surface area (Å²) in [6.45, 7) is 9.77. The predicted octanol–water partition coefficient (Wildman–Crippen LogP) is 4.81. The van der Waals surface area contributed by atoms with E-state index in [-0.39, 0.29) is 17.7 Å². The van der Waals surface area contributed by atoms with Crippen LogP contribution in [0.3, 0.4) is 0 Å². The van der Waals surface area contributed by atoms with Crippen LogP contribution in [0.1, 0.15) is 62.5 Å². The van der Waals surface area contributed by atoms with Gasteiger partial charge in [0, 0.05) is 6.42 Å². The van der Waals surface area contributed by atoms with Crippen molar-refractivity contribution in [3.05, 3.63) is 63.8 Å². The average Bonchev–Trinajstić information content (AvgIpc) is 2.54. The van der Waals surface area contributed by atoms with E-state index < -0.39 is 12.1 Å². The number of phenols is 1. The summed E-state index contributed by atoms with van der Waals surface area (Å²) in [6, 6.07) is 2.93. The van der Waals surface area contributed by atoms with E-state index in [1.165, 1.54) is 17.7 Å². The summed E-state index contributed by atoms with van der Waals surface area (Å²) < 4.78 is 0. The third-order valence-electron chi connectivity index (χ3n) is 4.15. The van der Waals surface area contributed by atoms with Crippen molar-refractivity contribution >= 4 is 5.97 Å². The molecular weight excluding hydrogens is 328 g/mol. The van der Waals surface area contributed by atoms with E-state index in [1.807, 2.05) is 46.8 Å². The van der Waals surface area contributed by atoms with Gasteiger partial charge in [-0.25, -0.2) is 4.79 Å². The predicted molar refractivity (Wildman–Crippen MR) is 106 cm³/mol. The lowest BCUT2D eigenvalue weighted by Gasteiger charge is -2.15. The SMILES string of the molecule is CC(C)=CC/C=C(\C)C(O)Cc1cc(C(=O)O)cc(CC=C(C)C)c1O. The first-order valence-corrected chi connectivity index (χ1v) is 8.81. The second kappa shape index (κ2) is 9.97. The molecule has 0 aromatic heterocycles. The first kappa shape index (κ1) is 21.7. The zero-order chi connectivity index (χ0) is 19.9. The topological polar surface area (TPSA) is 77.8 Å². The molecule has 1 aromatic carbocycles. The highest BCUT2D eigenvalue weighted by Crippen LogP contribution is 2.28. The van der Waals surface area contributed by atoms with E-state index in [9.17, 15) is 20.1 Å². The van der Waals surface area contributed by atoms with Gasteiger partial charge < -0.3 is 15.3 Å². The van der Waals surface area contributed by atoms with Crippen molar-refractivity contribution < 1.29 is 20.1 Å². The standard InChI is InChI=1S/C22H30O4/c1-14(2)7-6-8-16(5)20(23)13-18-12-19(22(25)26)11-17(21(18)24)10-9-15(3)4/h7-9,11-12,20,23-24H,6,10,13H2,1-5H3,(H,25,26)/b16-8+. The third kappa shape index (κ3) is 6.89. The maximum absolute atomic E-state index is 11.4. The number of aromatic carboxylic acids is 1. The fourth-order valence-corrected chi connectivity index (χ4v) is 2.49. The highest BCUT2D eigenvalue weighted by Gasteiger charge is 2.17. The van der Waals surface area contributed by atoms with Gasteiger partial charge in [0.1, 0.15) is 5.75 Å².